The number of rotatable bonds is 4. The Morgan fingerprint density at radius 3 is 2.27 bits per heavy atom. The van der Waals surface area contributed by atoms with Gasteiger partial charge in [-0.3, -0.25) is 0 Å². The summed E-state index contributed by atoms with van der Waals surface area (Å²) >= 11 is 3.53. The number of aryl methyl sites for hydroxylation is 2. The van der Waals surface area contributed by atoms with Gasteiger partial charge in [0, 0.05) is 11.0 Å². The van der Waals surface area contributed by atoms with Gasteiger partial charge in [0.25, 0.3) is 0 Å². The Morgan fingerprint density at radius 2 is 1.87 bits per heavy atom. The van der Waals surface area contributed by atoms with Crippen molar-refractivity contribution in [1.29, 1.82) is 0 Å². The Labute approximate surface area is 99.9 Å². The van der Waals surface area contributed by atoms with Crippen LogP contribution in [0, 0.1) is 13.8 Å². The maximum absolute atomic E-state index is 5.78. The first kappa shape index (κ1) is 12.5. The average Bonchev–Trinajstić information content (AvgIpc) is 2.22. The summed E-state index contributed by atoms with van der Waals surface area (Å²) in [6, 6.07) is 4.07. The highest BCUT2D eigenvalue weighted by Crippen LogP contribution is 2.26. The van der Waals surface area contributed by atoms with E-state index < -0.39 is 0 Å². The van der Waals surface area contributed by atoms with E-state index in [4.69, 9.17) is 10.5 Å². The van der Waals surface area contributed by atoms with Crippen LogP contribution in [0.15, 0.2) is 16.6 Å². The fraction of sp³-hybridized carbons (Fsp3) is 0.500. The Balaban J connectivity index is 2.87. The minimum atomic E-state index is 0.116. The van der Waals surface area contributed by atoms with E-state index in [-0.39, 0.29) is 6.10 Å². The zero-order valence-electron chi connectivity index (χ0n) is 9.51. The molecule has 2 N–H and O–H groups in total. The van der Waals surface area contributed by atoms with Crippen LogP contribution in [-0.2, 0) is 0 Å². The van der Waals surface area contributed by atoms with Gasteiger partial charge in [0.2, 0.25) is 0 Å². The van der Waals surface area contributed by atoms with Crippen LogP contribution in [0.2, 0.25) is 0 Å². The summed E-state index contributed by atoms with van der Waals surface area (Å²) in [5.74, 6) is 0.908. The highest BCUT2D eigenvalue weighted by molar-refractivity contribution is 9.10. The maximum Gasteiger partial charge on any atom is 0.120 e. The minimum absolute atomic E-state index is 0.116. The highest BCUT2D eigenvalue weighted by atomic mass is 79.9. The van der Waals surface area contributed by atoms with Crippen LogP contribution < -0.4 is 10.5 Å². The molecule has 1 aromatic rings. The standard InChI is InChI=1S/C12H18BrNO/c1-4-10(7-14)15-11-5-8(2)12(13)9(3)6-11/h5-6,10H,4,7,14H2,1-3H3. The number of hydrogen-bond donors (Lipinski definition) is 1. The van der Waals surface area contributed by atoms with Crippen LogP contribution in [-0.4, -0.2) is 12.6 Å². The number of nitrogens with two attached hydrogens (primary N) is 1. The van der Waals surface area contributed by atoms with Crippen molar-refractivity contribution in [3.05, 3.63) is 27.7 Å². The third kappa shape index (κ3) is 3.21. The molecule has 0 heterocycles. The summed E-state index contributed by atoms with van der Waals surface area (Å²) in [5.41, 5.74) is 7.99. The molecule has 0 aliphatic carbocycles. The lowest BCUT2D eigenvalue weighted by Crippen LogP contribution is -2.25. The Hall–Kier alpha value is -0.540. The van der Waals surface area contributed by atoms with Crippen LogP contribution >= 0.6 is 15.9 Å². The van der Waals surface area contributed by atoms with E-state index in [9.17, 15) is 0 Å². The van der Waals surface area contributed by atoms with E-state index in [2.05, 4.69) is 36.7 Å². The van der Waals surface area contributed by atoms with Crippen molar-refractivity contribution in [2.45, 2.75) is 33.3 Å². The van der Waals surface area contributed by atoms with Gasteiger partial charge < -0.3 is 10.5 Å². The second-order valence-corrected chi connectivity index (χ2v) is 4.55. The van der Waals surface area contributed by atoms with Crippen molar-refractivity contribution >= 4 is 15.9 Å². The van der Waals surface area contributed by atoms with Gasteiger partial charge in [-0.15, -0.1) is 0 Å². The lowest BCUT2D eigenvalue weighted by Gasteiger charge is -2.17. The smallest absolute Gasteiger partial charge is 0.120 e. The molecule has 0 aliphatic heterocycles. The van der Waals surface area contributed by atoms with Gasteiger partial charge in [0.15, 0.2) is 0 Å². The fourth-order valence-corrected chi connectivity index (χ4v) is 1.69. The predicted octanol–water partition coefficient (Wildman–Crippen LogP) is 3.18. The van der Waals surface area contributed by atoms with Gasteiger partial charge in [-0.2, -0.15) is 0 Å². The molecule has 0 radical (unpaired) electrons. The molecule has 0 saturated carbocycles. The van der Waals surface area contributed by atoms with Gasteiger partial charge >= 0.3 is 0 Å². The molecule has 1 aromatic carbocycles. The van der Waals surface area contributed by atoms with Crippen molar-refractivity contribution in [2.75, 3.05) is 6.54 Å². The maximum atomic E-state index is 5.78. The molecule has 15 heavy (non-hydrogen) atoms. The Kier molecular flexibility index (Phi) is 4.61. The van der Waals surface area contributed by atoms with Crippen molar-refractivity contribution in [3.63, 3.8) is 0 Å². The van der Waals surface area contributed by atoms with E-state index >= 15 is 0 Å². The van der Waals surface area contributed by atoms with Crippen molar-refractivity contribution in [2.24, 2.45) is 5.73 Å². The molecular weight excluding hydrogens is 254 g/mol. The first-order chi connectivity index (χ1) is 7.08. The topological polar surface area (TPSA) is 35.2 Å². The van der Waals surface area contributed by atoms with Crippen molar-refractivity contribution < 1.29 is 4.74 Å². The zero-order valence-corrected chi connectivity index (χ0v) is 11.1. The SMILES string of the molecule is CCC(CN)Oc1cc(C)c(Br)c(C)c1. The average molecular weight is 272 g/mol. The minimum Gasteiger partial charge on any atom is -0.489 e. The molecule has 0 amide bonds. The first-order valence-electron chi connectivity index (χ1n) is 5.22. The third-order valence-electron chi connectivity index (χ3n) is 2.43. The third-order valence-corrected chi connectivity index (χ3v) is 3.68. The summed E-state index contributed by atoms with van der Waals surface area (Å²) in [5, 5.41) is 0. The molecule has 0 fully saturated rings. The highest BCUT2D eigenvalue weighted by Gasteiger charge is 2.08. The lowest BCUT2D eigenvalue weighted by atomic mass is 10.1. The summed E-state index contributed by atoms with van der Waals surface area (Å²) in [7, 11) is 0. The van der Waals surface area contributed by atoms with E-state index in [1.807, 2.05) is 12.1 Å². The van der Waals surface area contributed by atoms with Gasteiger partial charge in [0.05, 0.1) is 0 Å². The number of ether oxygens (including phenoxy) is 1. The molecule has 2 nitrogen and oxygen atoms in total. The van der Waals surface area contributed by atoms with Gasteiger partial charge in [-0.25, -0.2) is 0 Å². The van der Waals surface area contributed by atoms with Gasteiger partial charge in [-0.1, -0.05) is 22.9 Å². The zero-order chi connectivity index (χ0) is 11.4. The van der Waals surface area contributed by atoms with Gasteiger partial charge in [-0.05, 0) is 43.5 Å². The molecule has 3 heteroatoms. The number of hydrogen-bond acceptors (Lipinski definition) is 2. The van der Waals surface area contributed by atoms with Crippen LogP contribution in [0.3, 0.4) is 0 Å². The Bertz CT molecular complexity index is 311. The van der Waals surface area contributed by atoms with E-state index in [1.165, 1.54) is 11.1 Å². The molecular formula is C12H18BrNO. The first-order valence-corrected chi connectivity index (χ1v) is 6.01. The van der Waals surface area contributed by atoms with Crippen LogP contribution in [0.4, 0.5) is 0 Å². The summed E-state index contributed by atoms with van der Waals surface area (Å²) in [6.45, 7) is 6.77. The van der Waals surface area contributed by atoms with E-state index in [1.54, 1.807) is 0 Å². The molecule has 1 rings (SSSR count). The van der Waals surface area contributed by atoms with Crippen LogP contribution in [0.5, 0.6) is 5.75 Å². The Morgan fingerprint density at radius 1 is 1.33 bits per heavy atom. The summed E-state index contributed by atoms with van der Waals surface area (Å²) in [4.78, 5) is 0. The number of halogens is 1. The molecule has 1 unspecified atom stereocenters. The quantitative estimate of drug-likeness (QED) is 0.913. The normalized spacial score (nSPS) is 12.6. The second-order valence-electron chi connectivity index (χ2n) is 3.75. The molecule has 0 aromatic heterocycles. The van der Waals surface area contributed by atoms with Crippen molar-refractivity contribution in [3.8, 4) is 5.75 Å². The number of benzene rings is 1. The molecule has 84 valence electrons. The molecule has 0 spiro atoms. The second kappa shape index (κ2) is 5.52. The lowest BCUT2D eigenvalue weighted by molar-refractivity contribution is 0.205. The molecule has 0 aliphatic rings. The van der Waals surface area contributed by atoms with Gasteiger partial charge in [0.1, 0.15) is 11.9 Å². The fourth-order valence-electron chi connectivity index (χ4n) is 1.46. The van der Waals surface area contributed by atoms with Crippen LogP contribution in [0.25, 0.3) is 0 Å². The molecule has 0 bridgehead atoms. The monoisotopic (exact) mass is 271 g/mol. The van der Waals surface area contributed by atoms with Crippen molar-refractivity contribution in [1.82, 2.24) is 0 Å². The van der Waals surface area contributed by atoms with Crippen LogP contribution in [0.1, 0.15) is 24.5 Å². The van der Waals surface area contributed by atoms with E-state index in [0.29, 0.717) is 6.54 Å². The summed E-state index contributed by atoms with van der Waals surface area (Å²) < 4.78 is 6.93. The molecule has 0 saturated heterocycles. The largest absolute Gasteiger partial charge is 0.489 e. The van der Waals surface area contributed by atoms with E-state index in [0.717, 1.165) is 16.6 Å². The summed E-state index contributed by atoms with van der Waals surface area (Å²) in [6.07, 6.45) is 1.05. The predicted molar refractivity (Wildman–Crippen MR) is 67.4 cm³/mol. The molecule has 1 atom stereocenters.